The molecule has 140 valence electrons. The van der Waals surface area contributed by atoms with Gasteiger partial charge in [0, 0.05) is 12.5 Å². The predicted octanol–water partition coefficient (Wildman–Crippen LogP) is 2.41. The van der Waals surface area contributed by atoms with E-state index in [1.807, 2.05) is 0 Å². The Bertz CT molecular complexity index is 819. The van der Waals surface area contributed by atoms with Gasteiger partial charge in [-0.2, -0.15) is 13.2 Å². The number of amides is 1. The van der Waals surface area contributed by atoms with Crippen molar-refractivity contribution >= 4 is 11.9 Å². The molecule has 0 saturated carbocycles. The van der Waals surface area contributed by atoms with Crippen LogP contribution in [0.3, 0.4) is 0 Å². The van der Waals surface area contributed by atoms with Gasteiger partial charge < -0.3 is 10.4 Å². The van der Waals surface area contributed by atoms with Crippen molar-refractivity contribution in [2.24, 2.45) is 0 Å². The molecule has 11 heteroatoms. The second-order valence-corrected chi connectivity index (χ2v) is 5.45. The molecule has 2 N–H and O–H groups in total. The lowest BCUT2D eigenvalue weighted by Crippen LogP contribution is -2.34. The number of nitrogens with one attached hydrogen (secondary N) is 1. The number of aromatic nitrogens is 3. The first-order valence-electron chi connectivity index (χ1n) is 7.41. The Morgan fingerprint density at radius 2 is 1.96 bits per heavy atom. The molecule has 1 heterocycles. The van der Waals surface area contributed by atoms with E-state index in [0.717, 1.165) is 12.1 Å². The van der Waals surface area contributed by atoms with E-state index >= 15 is 0 Å². The minimum Gasteiger partial charge on any atom is -0.481 e. The van der Waals surface area contributed by atoms with Crippen LogP contribution >= 0.6 is 0 Å². The fraction of sp³-hybridized carbons (Fsp3) is 0.333. The average Bonchev–Trinajstić information content (AvgIpc) is 2.98. The number of nitrogens with zero attached hydrogens (tertiary/aromatic N) is 3. The van der Waals surface area contributed by atoms with Crippen molar-refractivity contribution in [1.82, 2.24) is 20.3 Å². The molecule has 0 aliphatic heterocycles. The van der Waals surface area contributed by atoms with Crippen molar-refractivity contribution in [2.75, 3.05) is 0 Å². The largest absolute Gasteiger partial charge is 0.481 e. The molecule has 1 aromatic carbocycles. The van der Waals surface area contributed by atoms with Crippen LogP contribution in [0.25, 0.3) is 5.69 Å². The Kier molecular flexibility index (Phi) is 5.58. The second-order valence-electron chi connectivity index (χ2n) is 5.45. The van der Waals surface area contributed by atoms with Crippen molar-refractivity contribution < 1.29 is 32.3 Å². The summed E-state index contributed by atoms with van der Waals surface area (Å²) in [4.78, 5) is 22.6. The van der Waals surface area contributed by atoms with E-state index in [4.69, 9.17) is 5.11 Å². The number of alkyl halides is 3. The topological polar surface area (TPSA) is 97.1 Å². The third-order valence-electron chi connectivity index (χ3n) is 3.40. The highest BCUT2D eigenvalue weighted by atomic mass is 19.4. The van der Waals surface area contributed by atoms with Gasteiger partial charge in [-0.25, -0.2) is 9.07 Å². The summed E-state index contributed by atoms with van der Waals surface area (Å²) in [5.41, 5.74) is -3.06. The molecular formula is C15H14F4N4O3. The molecule has 2 aromatic rings. The first kappa shape index (κ1) is 19.3. The van der Waals surface area contributed by atoms with Crippen molar-refractivity contribution in [3.63, 3.8) is 0 Å². The number of hydrogen-bond donors (Lipinski definition) is 2. The van der Waals surface area contributed by atoms with E-state index in [2.05, 4.69) is 15.6 Å². The zero-order chi connectivity index (χ0) is 19.5. The highest BCUT2D eigenvalue weighted by Gasteiger charge is 2.42. The number of carbonyl (C=O) groups is 2. The zero-order valence-corrected chi connectivity index (χ0v) is 13.4. The molecule has 1 unspecified atom stereocenters. The highest BCUT2D eigenvalue weighted by molar-refractivity contribution is 5.93. The summed E-state index contributed by atoms with van der Waals surface area (Å²) in [5, 5.41) is 17.3. The number of carboxylic acids is 1. The van der Waals surface area contributed by atoms with Crippen LogP contribution in [0.4, 0.5) is 17.6 Å². The number of carbonyl (C=O) groups excluding carboxylic acids is 1. The minimum absolute atomic E-state index is 0.0177. The number of hydrogen-bond acceptors (Lipinski definition) is 4. The molecule has 1 atom stereocenters. The highest BCUT2D eigenvalue weighted by Crippen LogP contribution is 2.33. The molecule has 1 aromatic heterocycles. The van der Waals surface area contributed by atoms with Crippen molar-refractivity contribution in [3.05, 3.63) is 41.5 Å². The summed E-state index contributed by atoms with van der Waals surface area (Å²) in [5.74, 6) is -3.25. The summed E-state index contributed by atoms with van der Waals surface area (Å²) in [6.45, 7) is 1.44. The molecule has 0 bridgehead atoms. The van der Waals surface area contributed by atoms with Crippen LogP contribution in [-0.4, -0.2) is 38.0 Å². The summed E-state index contributed by atoms with van der Waals surface area (Å²) >= 11 is 0. The van der Waals surface area contributed by atoms with E-state index < -0.39 is 47.0 Å². The molecule has 26 heavy (non-hydrogen) atoms. The number of benzene rings is 1. The van der Waals surface area contributed by atoms with Crippen molar-refractivity contribution in [2.45, 2.75) is 32.0 Å². The quantitative estimate of drug-likeness (QED) is 0.757. The molecule has 0 aliphatic carbocycles. The van der Waals surface area contributed by atoms with Gasteiger partial charge in [-0.05, 0) is 25.5 Å². The minimum atomic E-state index is -5.03. The van der Waals surface area contributed by atoms with E-state index in [1.165, 1.54) is 19.1 Å². The van der Waals surface area contributed by atoms with E-state index in [1.54, 1.807) is 0 Å². The number of carboxylic acid groups (broad SMARTS) is 1. The summed E-state index contributed by atoms with van der Waals surface area (Å²) in [7, 11) is 0. The van der Waals surface area contributed by atoms with Gasteiger partial charge in [0.25, 0.3) is 5.91 Å². The molecule has 2 rings (SSSR count). The van der Waals surface area contributed by atoms with Crippen LogP contribution < -0.4 is 5.32 Å². The third-order valence-corrected chi connectivity index (χ3v) is 3.40. The first-order chi connectivity index (χ1) is 12.1. The van der Waals surface area contributed by atoms with Gasteiger partial charge in [0.2, 0.25) is 0 Å². The fourth-order valence-corrected chi connectivity index (χ4v) is 2.19. The average molecular weight is 374 g/mol. The molecule has 0 aliphatic rings. The van der Waals surface area contributed by atoms with E-state index in [-0.39, 0.29) is 17.5 Å². The maximum absolute atomic E-state index is 13.8. The summed E-state index contributed by atoms with van der Waals surface area (Å²) in [6, 6.07) is 3.91. The molecule has 0 saturated heterocycles. The number of aliphatic carboxylic acids is 1. The number of rotatable bonds is 6. The van der Waals surface area contributed by atoms with Gasteiger partial charge in [0.05, 0.1) is 0 Å². The lowest BCUT2D eigenvalue weighted by Gasteiger charge is -2.14. The lowest BCUT2D eigenvalue weighted by molar-refractivity contribution is -0.143. The van der Waals surface area contributed by atoms with E-state index in [9.17, 15) is 27.2 Å². The monoisotopic (exact) mass is 374 g/mol. The van der Waals surface area contributed by atoms with Crippen LogP contribution in [0, 0.1) is 5.82 Å². The molecular weight excluding hydrogens is 360 g/mol. The Balaban J connectivity index is 2.37. The van der Waals surface area contributed by atoms with E-state index in [0.29, 0.717) is 0 Å². The molecule has 1 amide bonds. The Labute approximate surface area is 144 Å². The van der Waals surface area contributed by atoms with Gasteiger partial charge in [0.1, 0.15) is 11.5 Å². The lowest BCUT2D eigenvalue weighted by atomic mass is 10.1. The maximum Gasteiger partial charge on any atom is 0.435 e. The Morgan fingerprint density at radius 1 is 1.31 bits per heavy atom. The summed E-state index contributed by atoms with van der Waals surface area (Å²) < 4.78 is 54.3. The van der Waals surface area contributed by atoms with Crippen LogP contribution in [-0.2, 0) is 11.0 Å². The van der Waals surface area contributed by atoms with Crippen LogP contribution in [0.2, 0.25) is 0 Å². The van der Waals surface area contributed by atoms with Crippen molar-refractivity contribution in [1.29, 1.82) is 0 Å². The van der Waals surface area contributed by atoms with Gasteiger partial charge in [0.15, 0.2) is 11.4 Å². The van der Waals surface area contributed by atoms with Gasteiger partial charge in [-0.15, -0.1) is 5.10 Å². The van der Waals surface area contributed by atoms with Crippen LogP contribution in [0.5, 0.6) is 0 Å². The van der Waals surface area contributed by atoms with Crippen molar-refractivity contribution in [3.8, 4) is 5.69 Å². The van der Waals surface area contributed by atoms with Gasteiger partial charge >= 0.3 is 12.1 Å². The first-order valence-corrected chi connectivity index (χ1v) is 7.41. The molecule has 7 nitrogen and oxygen atoms in total. The van der Waals surface area contributed by atoms with Gasteiger partial charge in [-0.3, -0.25) is 9.59 Å². The van der Waals surface area contributed by atoms with Crippen LogP contribution in [0.1, 0.15) is 35.9 Å². The fourth-order valence-electron chi connectivity index (χ4n) is 2.19. The normalized spacial score (nSPS) is 12.7. The standard InChI is InChI=1S/C15H14F4N4O3/c1-8(6-7-11(24)25)20-14(26)12-13(15(17,18)19)23(22-21-12)10-5-3-2-4-9(10)16/h2-5,8H,6-7H2,1H3,(H,20,26)(H,24,25). The second kappa shape index (κ2) is 7.50. The summed E-state index contributed by atoms with van der Waals surface area (Å²) in [6.07, 6.45) is -5.28. The third kappa shape index (κ3) is 4.35. The number of para-hydroxylation sites is 1. The molecule has 0 spiro atoms. The van der Waals surface area contributed by atoms with Gasteiger partial charge in [-0.1, -0.05) is 17.3 Å². The Hall–Kier alpha value is -2.98. The zero-order valence-electron chi connectivity index (χ0n) is 13.4. The maximum atomic E-state index is 13.8. The van der Waals surface area contributed by atoms with Crippen LogP contribution in [0.15, 0.2) is 24.3 Å². The molecule has 0 fully saturated rings. The Morgan fingerprint density at radius 3 is 2.54 bits per heavy atom. The predicted molar refractivity (Wildman–Crippen MR) is 80.1 cm³/mol. The SMILES string of the molecule is CC(CCC(=O)O)NC(=O)c1nnn(-c2ccccc2F)c1C(F)(F)F. The smallest absolute Gasteiger partial charge is 0.435 e. The molecule has 0 radical (unpaired) electrons. The number of halogens is 4.